The van der Waals surface area contributed by atoms with Crippen molar-refractivity contribution in [3.63, 3.8) is 0 Å². The van der Waals surface area contributed by atoms with E-state index in [1.807, 2.05) is 0 Å². The molecule has 0 aromatic heterocycles. The number of nitro groups is 1. The molecule has 0 heterocycles. The first kappa shape index (κ1) is 15.5. The van der Waals surface area contributed by atoms with Crippen molar-refractivity contribution in [1.29, 1.82) is 0 Å². The summed E-state index contributed by atoms with van der Waals surface area (Å²) in [6, 6.07) is 11.8. The van der Waals surface area contributed by atoms with E-state index in [1.165, 1.54) is 6.07 Å². The molecule has 0 saturated heterocycles. The van der Waals surface area contributed by atoms with Crippen molar-refractivity contribution in [2.24, 2.45) is 0 Å². The van der Waals surface area contributed by atoms with Gasteiger partial charge in [0.25, 0.3) is 17.5 Å². The number of hydrazine groups is 1. The van der Waals surface area contributed by atoms with Gasteiger partial charge in [0, 0.05) is 16.7 Å². The number of benzene rings is 2. The fraction of sp³-hybridized carbons (Fsp3) is 0. The molecule has 0 saturated carbocycles. The minimum absolute atomic E-state index is 0.171. The highest BCUT2D eigenvalue weighted by Gasteiger charge is 2.21. The number of nitro benzene ring substituents is 1. The van der Waals surface area contributed by atoms with Gasteiger partial charge >= 0.3 is 0 Å². The highest BCUT2D eigenvalue weighted by molar-refractivity contribution is 6.31. The molecule has 2 N–H and O–H groups in total. The maximum atomic E-state index is 12.0. The Morgan fingerprint density at radius 2 is 1.64 bits per heavy atom. The minimum Gasteiger partial charge on any atom is -0.267 e. The maximum absolute atomic E-state index is 12.0. The van der Waals surface area contributed by atoms with Gasteiger partial charge in [-0.2, -0.15) is 0 Å². The van der Waals surface area contributed by atoms with Crippen molar-refractivity contribution in [1.82, 2.24) is 10.9 Å². The third kappa shape index (κ3) is 3.58. The van der Waals surface area contributed by atoms with Crippen molar-refractivity contribution < 1.29 is 14.5 Å². The molecular weight excluding hydrogens is 310 g/mol. The van der Waals surface area contributed by atoms with Crippen molar-refractivity contribution in [2.45, 2.75) is 0 Å². The van der Waals surface area contributed by atoms with E-state index < -0.39 is 22.4 Å². The molecular formula is C14H10ClN3O4. The monoisotopic (exact) mass is 319 g/mol. The van der Waals surface area contributed by atoms with Crippen molar-refractivity contribution in [2.75, 3.05) is 0 Å². The third-order valence-corrected chi connectivity index (χ3v) is 2.96. The number of amides is 2. The molecule has 0 aliphatic rings. The van der Waals surface area contributed by atoms with E-state index in [4.69, 9.17) is 11.6 Å². The number of halogens is 1. The fourth-order valence-corrected chi connectivity index (χ4v) is 1.86. The van der Waals surface area contributed by atoms with Gasteiger partial charge in [-0.25, -0.2) is 0 Å². The first-order valence-electron chi connectivity index (χ1n) is 6.08. The molecule has 8 heteroatoms. The van der Waals surface area contributed by atoms with Gasteiger partial charge in [0.2, 0.25) is 0 Å². The second-order valence-corrected chi connectivity index (χ2v) is 4.63. The summed E-state index contributed by atoms with van der Waals surface area (Å²) < 4.78 is 0. The number of carbonyl (C=O) groups excluding carboxylic acids is 2. The van der Waals surface area contributed by atoms with Gasteiger partial charge in [-0.15, -0.1) is 0 Å². The van der Waals surface area contributed by atoms with Crippen LogP contribution in [-0.4, -0.2) is 16.7 Å². The van der Waals surface area contributed by atoms with Crippen LogP contribution in [0.25, 0.3) is 0 Å². The van der Waals surface area contributed by atoms with Gasteiger partial charge in [-0.05, 0) is 24.3 Å². The maximum Gasteiger partial charge on any atom is 0.282 e. The summed E-state index contributed by atoms with van der Waals surface area (Å²) in [7, 11) is 0. The Kier molecular flexibility index (Phi) is 4.70. The van der Waals surface area contributed by atoms with E-state index in [1.54, 1.807) is 30.3 Å². The average Bonchev–Trinajstić information content (AvgIpc) is 2.52. The minimum atomic E-state index is -0.835. The lowest BCUT2D eigenvalue weighted by atomic mass is 10.1. The van der Waals surface area contributed by atoms with E-state index in [-0.39, 0.29) is 10.6 Å². The molecule has 0 fully saturated rings. The summed E-state index contributed by atoms with van der Waals surface area (Å²) in [5, 5.41) is 11.1. The van der Waals surface area contributed by atoms with Crippen LogP contribution in [0.5, 0.6) is 0 Å². The fourth-order valence-electron chi connectivity index (χ4n) is 1.69. The van der Waals surface area contributed by atoms with Crippen LogP contribution in [0.3, 0.4) is 0 Å². The average molecular weight is 320 g/mol. The van der Waals surface area contributed by atoms with Crippen LogP contribution in [0.15, 0.2) is 48.5 Å². The van der Waals surface area contributed by atoms with Gasteiger partial charge in [0.1, 0.15) is 5.56 Å². The molecule has 0 atom stereocenters. The van der Waals surface area contributed by atoms with E-state index in [9.17, 15) is 19.7 Å². The van der Waals surface area contributed by atoms with E-state index in [0.29, 0.717) is 5.56 Å². The van der Waals surface area contributed by atoms with E-state index in [0.717, 1.165) is 12.1 Å². The number of hydrogen-bond acceptors (Lipinski definition) is 4. The second-order valence-electron chi connectivity index (χ2n) is 4.19. The third-order valence-electron chi connectivity index (χ3n) is 2.73. The first-order chi connectivity index (χ1) is 10.5. The molecule has 0 spiro atoms. The van der Waals surface area contributed by atoms with Gasteiger partial charge in [0.15, 0.2) is 0 Å². The summed E-state index contributed by atoms with van der Waals surface area (Å²) in [6.45, 7) is 0. The summed E-state index contributed by atoms with van der Waals surface area (Å²) in [5.74, 6) is -1.38. The zero-order valence-electron chi connectivity index (χ0n) is 11.1. The number of rotatable bonds is 3. The predicted octanol–water partition coefficient (Wildman–Crippen LogP) is 2.32. The number of nitrogens with zero attached hydrogens (tertiary/aromatic N) is 1. The van der Waals surface area contributed by atoms with Crippen LogP contribution in [0.2, 0.25) is 5.02 Å². The highest BCUT2D eigenvalue weighted by Crippen LogP contribution is 2.22. The van der Waals surface area contributed by atoms with Crippen molar-refractivity contribution in [3.8, 4) is 0 Å². The zero-order valence-corrected chi connectivity index (χ0v) is 11.8. The van der Waals surface area contributed by atoms with Gasteiger partial charge in [-0.1, -0.05) is 29.8 Å². The first-order valence-corrected chi connectivity index (χ1v) is 6.46. The Labute approximate surface area is 130 Å². The predicted molar refractivity (Wildman–Crippen MR) is 79.5 cm³/mol. The number of carbonyl (C=O) groups is 2. The van der Waals surface area contributed by atoms with Crippen molar-refractivity contribution in [3.05, 3.63) is 74.8 Å². The van der Waals surface area contributed by atoms with Gasteiger partial charge in [0.05, 0.1) is 4.92 Å². The number of hydrogen-bond donors (Lipinski definition) is 2. The second kappa shape index (κ2) is 6.68. The largest absolute Gasteiger partial charge is 0.282 e. The van der Waals surface area contributed by atoms with Crippen LogP contribution < -0.4 is 10.9 Å². The molecule has 0 aliphatic heterocycles. The van der Waals surface area contributed by atoms with Crippen LogP contribution >= 0.6 is 11.6 Å². The standard InChI is InChI=1S/C14H10ClN3O4/c15-10-6-7-12(18(21)22)11(8-10)14(20)17-16-13(19)9-4-2-1-3-5-9/h1-8H,(H,16,19)(H,17,20). The van der Waals surface area contributed by atoms with Crippen LogP contribution in [0.4, 0.5) is 5.69 Å². The highest BCUT2D eigenvalue weighted by atomic mass is 35.5. The van der Waals surface area contributed by atoms with Gasteiger partial charge in [-0.3, -0.25) is 30.6 Å². The topological polar surface area (TPSA) is 101 Å². The Morgan fingerprint density at radius 1 is 1.00 bits per heavy atom. The molecule has 22 heavy (non-hydrogen) atoms. The molecule has 112 valence electrons. The van der Waals surface area contributed by atoms with Crippen LogP contribution in [0.1, 0.15) is 20.7 Å². The van der Waals surface area contributed by atoms with Crippen molar-refractivity contribution >= 4 is 29.1 Å². The van der Waals surface area contributed by atoms with E-state index in [2.05, 4.69) is 10.9 Å². The molecule has 0 unspecified atom stereocenters. The Hall–Kier alpha value is -2.93. The Bertz CT molecular complexity index is 734. The molecule has 2 aromatic rings. The SMILES string of the molecule is O=C(NNC(=O)c1cc(Cl)ccc1[N+](=O)[O-])c1ccccc1. The number of nitrogens with one attached hydrogen (secondary N) is 2. The lowest BCUT2D eigenvalue weighted by Crippen LogP contribution is -2.41. The smallest absolute Gasteiger partial charge is 0.267 e. The summed E-state index contributed by atoms with van der Waals surface area (Å²) in [4.78, 5) is 33.9. The molecule has 2 aromatic carbocycles. The summed E-state index contributed by atoms with van der Waals surface area (Å²) in [6.07, 6.45) is 0. The molecule has 7 nitrogen and oxygen atoms in total. The van der Waals surface area contributed by atoms with Crippen LogP contribution in [0, 0.1) is 10.1 Å². The summed E-state index contributed by atoms with van der Waals surface area (Å²) >= 11 is 5.73. The molecule has 2 rings (SSSR count). The molecule has 0 aliphatic carbocycles. The zero-order chi connectivity index (χ0) is 16.1. The lowest BCUT2D eigenvalue weighted by molar-refractivity contribution is -0.385. The Morgan fingerprint density at radius 3 is 2.27 bits per heavy atom. The van der Waals surface area contributed by atoms with Gasteiger partial charge < -0.3 is 0 Å². The molecule has 0 radical (unpaired) electrons. The van der Waals surface area contributed by atoms with Crippen LogP contribution in [-0.2, 0) is 0 Å². The normalized spacial score (nSPS) is 9.86. The molecule has 0 bridgehead atoms. The Balaban J connectivity index is 2.12. The van der Waals surface area contributed by atoms with E-state index >= 15 is 0 Å². The molecule has 2 amide bonds. The lowest BCUT2D eigenvalue weighted by Gasteiger charge is -2.08. The summed E-state index contributed by atoms with van der Waals surface area (Å²) in [5.41, 5.74) is 3.98. The quantitative estimate of drug-likeness (QED) is 0.669.